The van der Waals surface area contributed by atoms with E-state index in [0.717, 1.165) is 17.1 Å². The van der Waals surface area contributed by atoms with E-state index in [1.54, 1.807) is 0 Å². The number of para-hydroxylation sites is 1. The van der Waals surface area contributed by atoms with Gasteiger partial charge in [0.1, 0.15) is 0 Å². The molecule has 0 atom stereocenters. The molecule has 1 heteroatoms. The lowest BCUT2D eigenvalue weighted by molar-refractivity contribution is 0.793. The second-order valence-electron chi connectivity index (χ2n) is 13.2. The van der Waals surface area contributed by atoms with Gasteiger partial charge in [0.25, 0.3) is 0 Å². The van der Waals surface area contributed by atoms with Crippen LogP contribution in [0.25, 0.3) is 44.5 Å². The van der Waals surface area contributed by atoms with E-state index in [0.29, 0.717) is 0 Å². The van der Waals surface area contributed by atoms with E-state index in [4.69, 9.17) is 0 Å². The summed E-state index contributed by atoms with van der Waals surface area (Å²) in [7, 11) is 0. The molecular weight excluding hydrogens is 603 g/mol. The van der Waals surface area contributed by atoms with E-state index in [2.05, 4.69) is 205 Å². The molecule has 50 heavy (non-hydrogen) atoms. The van der Waals surface area contributed by atoms with Crippen LogP contribution in [0.2, 0.25) is 0 Å². The first-order valence-corrected chi connectivity index (χ1v) is 17.4. The molecule has 8 aromatic carbocycles. The Morgan fingerprint density at radius 3 is 1.20 bits per heavy atom. The summed E-state index contributed by atoms with van der Waals surface area (Å²) in [4.78, 5) is 2.42. The molecular formula is C49H33N. The van der Waals surface area contributed by atoms with Crippen molar-refractivity contribution in [2.45, 2.75) is 5.41 Å². The summed E-state index contributed by atoms with van der Waals surface area (Å²) in [5, 5.41) is 0. The van der Waals surface area contributed by atoms with Crippen LogP contribution in [0.5, 0.6) is 0 Å². The van der Waals surface area contributed by atoms with Crippen LogP contribution in [0.1, 0.15) is 22.3 Å². The number of fused-ring (bicyclic) bond motifs is 10. The molecule has 0 aliphatic heterocycles. The highest BCUT2D eigenvalue weighted by molar-refractivity contribution is 5.96. The second-order valence-corrected chi connectivity index (χ2v) is 13.2. The highest BCUT2D eigenvalue weighted by Gasteiger charge is 2.51. The van der Waals surface area contributed by atoms with Crippen molar-refractivity contribution in [3.63, 3.8) is 0 Å². The zero-order valence-corrected chi connectivity index (χ0v) is 27.5. The van der Waals surface area contributed by atoms with Crippen molar-refractivity contribution in [3.05, 3.63) is 222 Å². The smallest absolute Gasteiger partial charge is 0.0726 e. The van der Waals surface area contributed by atoms with Gasteiger partial charge in [-0.05, 0) is 103 Å². The molecule has 0 radical (unpaired) electrons. The Morgan fingerprint density at radius 2 is 0.660 bits per heavy atom. The van der Waals surface area contributed by atoms with Gasteiger partial charge in [-0.25, -0.2) is 0 Å². The summed E-state index contributed by atoms with van der Waals surface area (Å²) in [5.74, 6) is 0. The number of rotatable bonds is 5. The van der Waals surface area contributed by atoms with E-state index in [1.807, 2.05) is 0 Å². The van der Waals surface area contributed by atoms with Gasteiger partial charge in [-0.2, -0.15) is 0 Å². The van der Waals surface area contributed by atoms with Crippen LogP contribution in [0.3, 0.4) is 0 Å². The number of hydrogen-bond donors (Lipinski definition) is 0. The van der Waals surface area contributed by atoms with Crippen LogP contribution in [0.15, 0.2) is 200 Å². The first-order valence-electron chi connectivity index (χ1n) is 17.4. The van der Waals surface area contributed by atoms with E-state index in [1.165, 1.54) is 66.8 Å². The van der Waals surface area contributed by atoms with E-state index >= 15 is 0 Å². The number of anilines is 3. The largest absolute Gasteiger partial charge is 0.310 e. The molecule has 0 fully saturated rings. The maximum Gasteiger partial charge on any atom is 0.0726 e. The van der Waals surface area contributed by atoms with E-state index in [9.17, 15) is 0 Å². The van der Waals surface area contributed by atoms with Gasteiger partial charge in [-0.3, -0.25) is 0 Å². The number of hydrogen-bond acceptors (Lipinski definition) is 1. The summed E-state index contributed by atoms with van der Waals surface area (Å²) in [6, 6.07) is 73.4. The van der Waals surface area contributed by atoms with Gasteiger partial charge in [0, 0.05) is 17.1 Å². The van der Waals surface area contributed by atoms with Crippen molar-refractivity contribution in [2.75, 3.05) is 4.90 Å². The normalized spacial score (nSPS) is 13.0. The molecule has 234 valence electrons. The average Bonchev–Trinajstić information content (AvgIpc) is 3.66. The molecule has 0 bridgehead atoms. The first-order chi connectivity index (χ1) is 24.8. The summed E-state index contributed by atoms with van der Waals surface area (Å²) >= 11 is 0. The van der Waals surface area contributed by atoms with Gasteiger partial charge in [-0.15, -0.1) is 0 Å². The fourth-order valence-corrected chi connectivity index (χ4v) is 8.64. The molecule has 2 aliphatic carbocycles. The average molecular weight is 636 g/mol. The van der Waals surface area contributed by atoms with Crippen LogP contribution in [-0.2, 0) is 5.41 Å². The quantitative estimate of drug-likeness (QED) is 0.182. The molecule has 0 unspecified atom stereocenters. The third kappa shape index (κ3) is 4.14. The highest BCUT2D eigenvalue weighted by atomic mass is 15.1. The molecule has 0 saturated heterocycles. The van der Waals surface area contributed by atoms with Gasteiger partial charge >= 0.3 is 0 Å². The maximum atomic E-state index is 2.47. The summed E-state index contributed by atoms with van der Waals surface area (Å²) < 4.78 is 0. The molecule has 0 saturated carbocycles. The van der Waals surface area contributed by atoms with Gasteiger partial charge in [-0.1, -0.05) is 164 Å². The zero-order valence-electron chi connectivity index (χ0n) is 27.5. The maximum absolute atomic E-state index is 2.47. The fraction of sp³-hybridized carbons (Fsp3) is 0.0204. The molecule has 0 aromatic heterocycles. The predicted octanol–water partition coefficient (Wildman–Crippen LogP) is 12.8. The van der Waals surface area contributed by atoms with Crippen molar-refractivity contribution in [1.82, 2.24) is 0 Å². The molecule has 0 amide bonds. The molecule has 1 spiro atoms. The van der Waals surface area contributed by atoms with Gasteiger partial charge < -0.3 is 4.90 Å². The van der Waals surface area contributed by atoms with Crippen molar-refractivity contribution in [3.8, 4) is 44.5 Å². The van der Waals surface area contributed by atoms with Crippen LogP contribution in [0, 0.1) is 0 Å². The minimum Gasteiger partial charge on any atom is -0.310 e. The second kappa shape index (κ2) is 11.3. The lowest BCUT2D eigenvalue weighted by Crippen LogP contribution is -2.26. The Hall–Kier alpha value is -6.44. The van der Waals surface area contributed by atoms with Crippen LogP contribution < -0.4 is 4.90 Å². The standard InChI is InChI=1S/C49H33N/c1-4-16-34(17-5-1)39-30-28-37(32-44(39)35-18-6-2-7-19-35)50(36-20-8-3-9-21-36)38-29-31-43-42-24-12-15-27-47(42)49(48(43)33-38)45-25-13-10-22-40(45)41-23-11-14-26-46(41)49/h1-33H. The molecule has 0 heterocycles. The summed E-state index contributed by atoms with van der Waals surface area (Å²) in [6.45, 7) is 0. The lowest BCUT2D eigenvalue weighted by atomic mass is 9.70. The minimum absolute atomic E-state index is 0.399. The van der Waals surface area contributed by atoms with Crippen molar-refractivity contribution in [1.29, 1.82) is 0 Å². The van der Waals surface area contributed by atoms with Gasteiger partial charge in [0.05, 0.1) is 5.41 Å². The molecule has 8 aromatic rings. The van der Waals surface area contributed by atoms with Crippen molar-refractivity contribution in [2.24, 2.45) is 0 Å². The lowest BCUT2D eigenvalue weighted by Gasteiger charge is -2.32. The summed E-state index contributed by atoms with van der Waals surface area (Å²) in [5.41, 5.74) is 18.5. The molecule has 10 rings (SSSR count). The number of nitrogens with zero attached hydrogens (tertiary/aromatic N) is 1. The monoisotopic (exact) mass is 635 g/mol. The zero-order chi connectivity index (χ0) is 33.1. The first kappa shape index (κ1) is 28.6. The Labute approximate surface area is 293 Å². The Kier molecular flexibility index (Phi) is 6.47. The third-order valence-electron chi connectivity index (χ3n) is 10.7. The van der Waals surface area contributed by atoms with E-state index < -0.39 is 5.41 Å². The Balaban J connectivity index is 1.23. The van der Waals surface area contributed by atoms with Crippen molar-refractivity contribution < 1.29 is 0 Å². The van der Waals surface area contributed by atoms with Gasteiger partial charge in [0.15, 0.2) is 0 Å². The topological polar surface area (TPSA) is 3.24 Å². The van der Waals surface area contributed by atoms with E-state index in [-0.39, 0.29) is 0 Å². The Bertz CT molecular complexity index is 2470. The summed E-state index contributed by atoms with van der Waals surface area (Å²) in [6.07, 6.45) is 0. The number of benzene rings is 8. The molecule has 0 N–H and O–H groups in total. The predicted molar refractivity (Wildman–Crippen MR) is 208 cm³/mol. The van der Waals surface area contributed by atoms with Gasteiger partial charge in [0.2, 0.25) is 0 Å². The van der Waals surface area contributed by atoms with Crippen molar-refractivity contribution >= 4 is 17.1 Å². The fourth-order valence-electron chi connectivity index (χ4n) is 8.64. The Morgan fingerprint density at radius 1 is 0.260 bits per heavy atom. The van der Waals surface area contributed by atoms with Crippen LogP contribution >= 0.6 is 0 Å². The molecule has 2 aliphatic rings. The van der Waals surface area contributed by atoms with Crippen LogP contribution in [0.4, 0.5) is 17.1 Å². The van der Waals surface area contributed by atoms with Crippen LogP contribution in [-0.4, -0.2) is 0 Å². The SMILES string of the molecule is c1ccc(-c2ccc(N(c3ccccc3)c3ccc4c(c3)C3(c5ccccc5-c5ccccc53)c3ccccc3-4)cc2-c2ccccc2)cc1. The minimum atomic E-state index is -0.399. The molecule has 1 nitrogen and oxygen atoms in total. The highest BCUT2D eigenvalue weighted by Crippen LogP contribution is 2.63. The third-order valence-corrected chi connectivity index (χ3v) is 10.7.